The summed E-state index contributed by atoms with van der Waals surface area (Å²) in [7, 11) is 0. The molecule has 1 aliphatic rings. The normalized spacial score (nSPS) is 24.4. The highest BCUT2D eigenvalue weighted by molar-refractivity contribution is 5.81. The first-order valence-electron chi connectivity index (χ1n) is 4.83. The zero-order chi connectivity index (χ0) is 9.14. The lowest BCUT2D eigenvalue weighted by Gasteiger charge is -2.22. The highest BCUT2D eigenvalue weighted by atomic mass is 16.1. The minimum Gasteiger partial charge on any atom is -0.299 e. The van der Waals surface area contributed by atoms with Gasteiger partial charge >= 0.3 is 0 Å². The molecular weight excluding hydrogens is 148 g/mol. The second-order valence-corrected chi connectivity index (χ2v) is 3.82. The van der Waals surface area contributed by atoms with E-state index in [0.717, 1.165) is 19.3 Å². The number of carbonyl (C=O) groups excluding carboxylic acids is 1. The van der Waals surface area contributed by atoms with Crippen LogP contribution in [-0.2, 0) is 4.79 Å². The lowest BCUT2D eigenvalue weighted by Crippen LogP contribution is -2.17. The van der Waals surface area contributed by atoms with Crippen LogP contribution in [0.15, 0.2) is 11.1 Å². The summed E-state index contributed by atoms with van der Waals surface area (Å²) in [6.07, 6.45) is 3.92. The minimum atomic E-state index is 0.332. The Hall–Kier alpha value is -0.590. The summed E-state index contributed by atoms with van der Waals surface area (Å²) >= 11 is 0. The maximum absolute atomic E-state index is 11.4. The number of rotatable bonds is 2. The van der Waals surface area contributed by atoms with Crippen molar-refractivity contribution in [3.05, 3.63) is 11.1 Å². The molecule has 1 unspecified atom stereocenters. The van der Waals surface area contributed by atoms with E-state index in [1.807, 2.05) is 6.92 Å². The van der Waals surface area contributed by atoms with E-state index in [9.17, 15) is 4.79 Å². The second-order valence-electron chi connectivity index (χ2n) is 3.82. The van der Waals surface area contributed by atoms with E-state index in [1.165, 1.54) is 11.1 Å². The molecule has 0 aromatic heterocycles. The summed E-state index contributed by atoms with van der Waals surface area (Å²) in [6.45, 7) is 6.30. The van der Waals surface area contributed by atoms with Crippen molar-refractivity contribution < 1.29 is 4.79 Å². The Morgan fingerprint density at radius 2 is 2.08 bits per heavy atom. The van der Waals surface area contributed by atoms with Crippen molar-refractivity contribution in [2.75, 3.05) is 0 Å². The zero-order valence-corrected chi connectivity index (χ0v) is 8.31. The maximum atomic E-state index is 11.4. The van der Waals surface area contributed by atoms with Crippen molar-refractivity contribution in [2.24, 2.45) is 5.92 Å². The van der Waals surface area contributed by atoms with Crippen LogP contribution in [0.5, 0.6) is 0 Å². The molecule has 1 heteroatoms. The van der Waals surface area contributed by atoms with E-state index < -0.39 is 0 Å². The van der Waals surface area contributed by atoms with Gasteiger partial charge in [-0.3, -0.25) is 4.79 Å². The molecule has 1 atom stereocenters. The van der Waals surface area contributed by atoms with Crippen LogP contribution < -0.4 is 0 Å². The van der Waals surface area contributed by atoms with Crippen LogP contribution in [0.4, 0.5) is 0 Å². The molecule has 0 spiro atoms. The van der Waals surface area contributed by atoms with Gasteiger partial charge in [-0.1, -0.05) is 18.1 Å². The summed E-state index contributed by atoms with van der Waals surface area (Å²) < 4.78 is 0. The lowest BCUT2D eigenvalue weighted by atomic mass is 9.82. The van der Waals surface area contributed by atoms with Crippen molar-refractivity contribution in [3.63, 3.8) is 0 Å². The van der Waals surface area contributed by atoms with Gasteiger partial charge in [0, 0.05) is 12.3 Å². The van der Waals surface area contributed by atoms with Crippen LogP contribution in [0.25, 0.3) is 0 Å². The third kappa shape index (κ3) is 1.96. The highest BCUT2D eigenvalue weighted by Gasteiger charge is 2.21. The van der Waals surface area contributed by atoms with E-state index in [0.29, 0.717) is 18.1 Å². The molecule has 0 aromatic carbocycles. The molecule has 0 N–H and O–H groups in total. The van der Waals surface area contributed by atoms with Crippen molar-refractivity contribution >= 4 is 5.78 Å². The van der Waals surface area contributed by atoms with Crippen LogP contribution >= 0.6 is 0 Å². The lowest BCUT2D eigenvalue weighted by molar-refractivity contribution is -0.122. The molecule has 0 bridgehead atoms. The molecule has 1 nitrogen and oxygen atoms in total. The summed E-state index contributed by atoms with van der Waals surface area (Å²) in [4.78, 5) is 11.4. The molecule has 0 amide bonds. The van der Waals surface area contributed by atoms with Crippen LogP contribution in [0.2, 0.25) is 0 Å². The Morgan fingerprint density at radius 1 is 1.42 bits per heavy atom. The van der Waals surface area contributed by atoms with Gasteiger partial charge < -0.3 is 0 Å². The summed E-state index contributed by atoms with van der Waals surface area (Å²) in [5.74, 6) is 0.778. The monoisotopic (exact) mass is 166 g/mol. The average molecular weight is 166 g/mol. The quantitative estimate of drug-likeness (QED) is 0.576. The van der Waals surface area contributed by atoms with Gasteiger partial charge in [0.25, 0.3) is 0 Å². The molecule has 0 saturated carbocycles. The van der Waals surface area contributed by atoms with Crippen molar-refractivity contribution in [1.29, 1.82) is 0 Å². The van der Waals surface area contributed by atoms with Crippen LogP contribution in [0.3, 0.4) is 0 Å². The van der Waals surface area contributed by atoms with Crippen molar-refractivity contribution in [2.45, 2.75) is 46.5 Å². The molecule has 68 valence electrons. The van der Waals surface area contributed by atoms with Crippen LogP contribution in [0, 0.1) is 5.92 Å². The van der Waals surface area contributed by atoms with Crippen LogP contribution in [-0.4, -0.2) is 5.78 Å². The molecule has 0 radical (unpaired) electrons. The smallest absolute Gasteiger partial charge is 0.136 e. The van der Waals surface area contributed by atoms with Gasteiger partial charge in [0.15, 0.2) is 0 Å². The van der Waals surface area contributed by atoms with Gasteiger partial charge in [0.2, 0.25) is 0 Å². The molecule has 1 aliphatic carbocycles. The number of Topliss-reactive ketones (excluding diaryl/α,β-unsaturated/α-hetero) is 1. The number of carbonyl (C=O) groups is 1. The number of hydrogen-bond donors (Lipinski definition) is 0. The molecule has 0 heterocycles. The van der Waals surface area contributed by atoms with Crippen molar-refractivity contribution in [1.82, 2.24) is 0 Å². The topological polar surface area (TPSA) is 17.1 Å². The maximum Gasteiger partial charge on any atom is 0.136 e. The minimum absolute atomic E-state index is 0.332. The molecule has 1 rings (SSSR count). The number of ketones is 1. The van der Waals surface area contributed by atoms with Gasteiger partial charge in [-0.15, -0.1) is 0 Å². The molecule has 12 heavy (non-hydrogen) atoms. The first-order chi connectivity index (χ1) is 5.65. The van der Waals surface area contributed by atoms with Crippen LogP contribution in [0.1, 0.15) is 46.5 Å². The van der Waals surface area contributed by atoms with Gasteiger partial charge in [0.1, 0.15) is 5.78 Å². The summed E-state index contributed by atoms with van der Waals surface area (Å²) in [6, 6.07) is 0. The fraction of sp³-hybridized carbons (Fsp3) is 0.727. The standard InChI is InChI=1S/C11H18O/c1-4-11(12)10-6-5-8(2)9(3)7-10/h10H,4-7H2,1-3H3. The molecule has 0 fully saturated rings. The van der Waals surface area contributed by atoms with E-state index in [2.05, 4.69) is 13.8 Å². The SMILES string of the molecule is CCC(=O)C1CCC(C)=C(C)C1. The summed E-state index contributed by atoms with van der Waals surface area (Å²) in [5.41, 5.74) is 2.93. The molecular formula is C11H18O. The zero-order valence-electron chi connectivity index (χ0n) is 8.31. The van der Waals surface area contributed by atoms with Crippen molar-refractivity contribution in [3.8, 4) is 0 Å². The molecule has 0 aromatic rings. The Kier molecular flexibility index (Phi) is 3.07. The third-order valence-electron chi connectivity index (χ3n) is 2.95. The highest BCUT2D eigenvalue weighted by Crippen LogP contribution is 2.29. The van der Waals surface area contributed by atoms with E-state index in [-0.39, 0.29) is 0 Å². The predicted octanol–water partition coefficient (Wildman–Crippen LogP) is 3.10. The molecule has 0 aliphatic heterocycles. The van der Waals surface area contributed by atoms with Gasteiger partial charge in [-0.2, -0.15) is 0 Å². The van der Waals surface area contributed by atoms with Gasteiger partial charge in [-0.05, 0) is 33.1 Å². The number of hydrogen-bond acceptors (Lipinski definition) is 1. The van der Waals surface area contributed by atoms with Gasteiger partial charge in [0.05, 0.1) is 0 Å². The largest absolute Gasteiger partial charge is 0.299 e. The van der Waals surface area contributed by atoms with E-state index >= 15 is 0 Å². The third-order valence-corrected chi connectivity index (χ3v) is 2.95. The van der Waals surface area contributed by atoms with Gasteiger partial charge in [-0.25, -0.2) is 0 Å². The fourth-order valence-electron chi connectivity index (χ4n) is 1.81. The Balaban J connectivity index is 2.60. The first-order valence-corrected chi connectivity index (χ1v) is 4.83. The Morgan fingerprint density at radius 3 is 2.58 bits per heavy atom. The molecule has 0 saturated heterocycles. The van der Waals surface area contributed by atoms with E-state index in [4.69, 9.17) is 0 Å². The Bertz CT molecular complexity index is 213. The van der Waals surface area contributed by atoms with E-state index in [1.54, 1.807) is 0 Å². The summed E-state index contributed by atoms with van der Waals surface area (Å²) in [5, 5.41) is 0. The Labute approximate surface area is 74.9 Å². The number of allylic oxidation sites excluding steroid dienone is 2. The second kappa shape index (κ2) is 3.88. The predicted molar refractivity (Wildman–Crippen MR) is 51.0 cm³/mol. The first kappa shape index (κ1) is 9.50. The average Bonchev–Trinajstić information content (AvgIpc) is 2.08. The fourth-order valence-corrected chi connectivity index (χ4v) is 1.81.